The summed E-state index contributed by atoms with van der Waals surface area (Å²) in [6.45, 7) is 1.10. The van der Waals surface area contributed by atoms with Crippen LogP contribution in [0.2, 0.25) is 0 Å². The highest BCUT2D eigenvalue weighted by Gasteiger charge is 2.20. The molecule has 0 spiro atoms. The van der Waals surface area contributed by atoms with Crippen molar-refractivity contribution in [2.75, 3.05) is 6.61 Å². The fourth-order valence-electron chi connectivity index (χ4n) is 0.881. The van der Waals surface area contributed by atoms with Gasteiger partial charge in [0.05, 0.1) is 17.8 Å². The minimum Gasteiger partial charge on any atom is -0.480 e. The maximum absolute atomic E-state index is 11.4. The summed E-state index contributed by atoms with van der Waals surface area (Å²) in [4.78, 5) is 26.1. The van der Waals surface area contributed by atoms with Gasteiger partial charge in [-0.3, -0.25) is 4.79 Å². The van der Waals surface area contributed by atoms with Crippen molar-refractivity contribution in [3.8, 4) is 0 Å². The summed E-state index contributed by atoms with van der Waals surface area (Å²) in [6.07, 6.45) is 1.37. The first-order chi connectivity index (χ1) is 7.04. The quantitative estimate of drug-likeness (QED) is 0.655. The van der Waals surface area contributed by atoms with E-state index >= 15 is 0 Å². The van der Waals surface area contributed by atoms with Crippen LogP contribution in [-0.4, -0.2) is 39.7 Å². The van der Waals surface area contributed by atoms with Crippen molar-refractivity contribution < 1.29 is 19.8 Å². The van der Waals surface area contributed by atoms with E-state index in [-0.39, 0.29) is 0 Å². The van der Waals surface area contributed by atoms with Crippen LogP contribution in [0.25, 0.3) is 0 Å². The number of amides is 1. The number of aliphatic carboxylic acids is 1. The Kier molecular flexibility index (Phi) is 3.75. The third kappa shape index (κ3) is 3.00. The average Bonchev–Trinajstić information content (AvgIpc) is 2.60. The van der Waals surface area contributed by atoms with Gasteiger partial charge < -0.3 is 15.5 Å². The Morgan fingerprint density at radius 2 is 2.33 bits per heavy atom. The molecule has 0 aliphatic carbocycles. The van der Waals surface area contributed by atoms with Gasteiger partial charge in [-0.2, -0.15) is 0 Å². The van der Waals surface area contributed by atoms with Crippen LogP contribution in [0.5, 0.6) is 0 Å². The predicted octanol–water partition coefficient (Wildman–Crippen LogP) is -0.373. The van der Waals surface area contributed by atoms with E-state index < -0.39 is 24.5 Å². The fraction of sp³-hybridized carbons (Fsp3) is 0.375. The van der Waals surface area contributed by atoms with Crippen LogP contribution in [0.4, 0.5) is 0 Å². The second kappa shape index (κ2) is 4.85. The van der Waals surface area contributed by atoms with Crippen molar-refractivity contribution in [1.82, 2.24) is 10.3 Å². The number of carboxylic acid groups (broad SMARTS) is 1. The van der Waals surface area contributed by atoms with Gasteiger partial charge in [-0.1, -0.05) is 0 Å². The van der Waals surface area contributed by atoms with E-state index in [1.807, 2.05) is 0 Å². The molecule has 0 saturated carbocycles. The lowest BCUT2D eigenvalue weighted by Crippen LogP contribution is -2.43. The molecule has 0 fully saturated rings. The van der Waals surface area contributed by atoms with Crippen LogP contribution in [0, 0.1) is 6.92 Å². The van der Waals surface area contributed by atoms with Crippen molar-refractivity contribution in [3.05, 3.63) is 16.1 Å². The Morgan fingerprint density at radius 1 is 1.67 bits per heavy atom. The first-order valence-electron chi connectivity index (χ1n) is 4.11. The zero-order chi connectivity index (χ0) is 11.4. The SMILES string of the molecule is Cc1ncc(C(=O)N[C@@H](CO)C(=O)O)s1. The Hall–Kier alpha value is -1.47. The normalized spacial score (nSPS) is 12.1. The van der Waals surface area contributed by atoms with Gasteiger partial charge in [0.1, 0.15) is 4.88 Å². The fourth-order valence-corrected chi connectivity index (χ4v) is 1.56. The Balaban J connectivity index is 2.66. The van der Waals surface area contributed by atoms with Gasteiger partial charge >= 0.3 is 5.97 Å². The van der Waals surface area contributed by atoms with Gasteiger partial charge in [0.25, 0.3) is 5.91 Å². The lowest BCUT2D eigenvalue weighted by molar-refractivity contribution is -0.140. The Labute approximate surface area is 89.6 Å². The molecule has 0 aromatic carbocycles. The molecule has 0 aliphatic rings. The smallest absolute Gasteiger partial charge is 0.328 e. The van der Waals surface area contributed by atoms with E-state index in [0.29, 0.717) is 4.88 Å². The number of carboxylic acids is 1. The van der Waals surface area contributed by atoms with Gasteiger partial charge in [0.2, 0.25) is 0 Å². The number of hydrogen-bond donors (Lipinski definition) is 3. The number of nitrogens with zero attached hydrogens (tertiary/aromatic N) is 1. The third-order valence-electron chi connectivity index (χ3n) is 1.63. The second-order valence-corrected chi connectivity index (χ2v) is 4.03. The van der Waals surface area contributed by atoms with Crippen molar-refractivity contribution in [2.24, 2.45) is 0 Å². The van der Waals surface area contributed by atoms with Crippen LogP contribution >= 0.6 is 11.3 Å². The molecule has 3 N–H and O–H groups in total. The maximum atomic E-state index is 11.4. The minimum atomic E-state index is -1.28. The molecular weight excluding hydrogens is 220 g/mol. The molecule has 1 aromatic heterocycles. The molecule has 0 radical (unpaired) electrons. The van der Waals surface area contributed by atoms with Gasteiger partial charge in [-0.15, -0.1) is 11.3 Å². The predicted molar refractivity (Wildman–Crippen MR) is 52.8 cm³/mol. The molecule has 1 amide bonds. The standard InChI is InChI=1S/C8H10N2O4S/c1-4-9-2-6(15-4)7(12)10-5(3-11)8(13)14/h2,5,11H,3H2,1H3,(H,10,12)(H,13,14)/t5-/m0/s1. The number of nitrogens with one attached hydrogen (secondary N) is 1. The lowest BCUT2D eigenvalue weighted by atomic mass is 10.3. The minimum absolute atomic E-state index is 0.326. The molecule has 82 valence electrons. The zero-order valence-electron chi connectivity index (χ0n) is 7.93. The maximum Gasteiger partial charge on any atom is 0.328 e. The highest BCUT2D eigenvalue weighted by molar-refractivity contribution is 7.13. The lowest BCUT2D eigenvalue weighted by Gasteiger charge is -2.09. The highest BCUT2D eigenvalue weighted by Crippen LogP contribution is 2.11. The first kappa shape index (κ1) is 11.6. The summed E-state index contributed by atoms with van der Waals surface area (Å²) in [5, 5.41) is 20.2. The van der Waals surface area contributed by atoms with E-state index in [1.165, 1.54) is 6.20 Å². The van der Waals surface area contributed by atoms with E-state index in [9.17, 15) is 9.59 Å². The number of aryl methyl sites for hydroxylation is 1. The summed E-state index contributed by atoms with van der Waals surface area (Å²) in [5.41, 5.74) is 0. The molecule has 0 bridgehead atoms. The molecular formula is C8H10N2O4S. The van der Waals surface area contributed by atoms with Gasteiger partial charge in [-0.25, -0.2) is 9.78 Å². The zero-order valence-corrected chi connectivity index (χ0v) is 8.74. The number of aliphatic hydroxyl groups excluding tert-OH is 1. The molecule has 7 heteroatoms. The topological polar surface area (TPSA) is 99.5 Å². The van der Waals surface area contributed by atoms with Gasteiger partial charge in [0, 0.05) is 0 Å². The van der Waals surface area contributed by atoms with Crippen LogP contribution in [0.15, 0.2) is 6.20 Å². The molecule has 0 saturated heterocycles. The van der Waals surface area contributed by atoms with Gasteiger partial charge in [0.15, 0.2) is 6.04 Å². The summed E-state index contributed by atoms with van der Waals surface area (Å²) in [7, 11) is 0. The van der Waals surface area contributed by atoms with Crippen LogP contribution < -0.4 is 5.32 Å². The largest absolute Gasteiger partial charge is 0.480 e. The number of rotatable bonds is 4. The van der Waals surface area contributed by atoms with Crippen molar-refractivity contribution in [3.63, 3.8) is 0 Å². The number of carbonyl (C=O) groups is 2. The van der Waals surface area contributed by atoms with Crippen LogP contribution in [0.3, 0.4) is 0 Å². The van der Waals surface area contributed by atoms with Crippen LogP contribution in [0.1, 0.15) is 14.7 Å². The molecule has 0 aliphatic heterocycles. The number of thiazole rings is 1. The summed E-state index contributed by atoms with van der Waals surface area (Å²) >= 11 is 1.16. The summed E-state index contributed by atoms with van der Waals surface area (Å²) in [5.74, 6) is -1.81. The third-order valence-corrected chi connectivity index (χ3v) is 2.54. The molecule has 15 heavy (non-hydrogen) atoms. The van der Waals surface area contributed by atoms with E-state index in [0.717, 1.165) is 16.3 Å². The first-order valence-corrected chi connectivity index (χ1v) is 4.93. The number of hydrogen-bond acceptors (Lipinski definition) is 5. The molecule has 6 nitrogen and oxygen atoms in total. The summed E-state index contributed by atoms with van der Waals surface area (Å²) < 4.78 is 0. The molecule has 1 heterocycles. The number of aliphatic hydroxyl groups is 1. The summed E-state index contributed by atoms with van der Waals surface area (Å²) in [6, 6.07) is -1.28. The molecule has 0 unspecified atom stereocenters. The van der Waals surface area contributed by atoms with Gasteiger partial charge in [-0.05, 0) is 6.92 Å². The Morgan fingerprint density at radius 3 is 2.73 bits per heavy atom. The molecule has 1 atom stereocenters. The molecule has 1 aromatic rings. The number of aromatic nitrogens is 1. The van der Waals surface area contributed by atoms with E-state index in [2.05, 4.69) is 10.3 Å². The number of carbonyl (C=O) groups excluding carboxylic acids is 1. The average molecular weight is 230 g/mol. The second-order valence-electron chi connectivity index (χ2n) is 2.79. The van der Waals surface area contributed by atoms with Crippen molar-refractivity contribution in [1.29, 1.82) is 0 Å². The van der Waals surface area contributed by atoms with Crippen molar-refractivity contribution >= 4 is 23.2 Å². The van der Waals surface area contributed by atoms with E-state index in [4.69, 9.17) is 10.2 Å². The van der Waals surface area contributed by atoms with Crippen molar-refractivity contribution in [2.45, 2.75) is 13.0 Å². The highest BCUT2D eigenvalue weighted by atomic mass is 32.1. The van der Waals surface area contributed by atoms with E-state index in [1.54, 1.807) is 6.92 Å². The van der Waals surface area contributed by atoms with Crippen LogP contribution in [-0.2, 0) is 4.79 Å². The monoisotopic (exact) mass is 230 g/mol. The Bertz CT molecular complexity index is 376. The molecule has 1 rings (SSSR count).